The van der Waals surface area contributed by atoms with E-state index in [0.29, 0.717) is 17.9 Å². The lowest BCUT2D eigenvalue weighted by molar-refractivity contribution is 0.0950. The Balaban J connectivity index is 1.40. The molecule has 1 aliphatic rings. The van der Waals surface area contributed by atoms with E-state index in [9.17, 15) is 4.79 Å². The number of amides is 1. The second kappa shape index (κ2) is 9.16. The molecule has 2 N–H and O–H groups in total. The predicted molar refractivity (Wildman–Crippen MR) is 112 cm³/mol. The third-order valence-corrected chi connectivity index (χ3v) is 4.75. The van der Waals surface area contributed by atoms with Crippen LogP contribution in [-0.2, 0) is 11.3 Å². The molecule has 148 valence electrons. The summed E-state index contributed by atoms with van der Waals surface area (Å²) in [6, 6.07) is 15.5. The van der Waals surface area contributed by atoms with Gasteiger partial charge in [0.25, 0.3) is 5.91 Å². The van der Waals surface area contributed by atoms with Gasteiger partial charge in [-0.15, -0.1) is 0 Å². The summed E-state index contributed by atoms with van der Waals surface area (Å²) < 4.78 is 5.45. The first kappa shape index (κ1) is 18.9. The van der Waals surface area contributed by atoms with Gasteiger partial charge in [0.2, 0.25) is 0 Å². The Hall–Kier alpha value is -3.45. The third-order valence-electron chi connectivity index (χ3n) is 4.75. The number of hydrogen-bond acceptors (Lipinski definition) is 6. The Morgan fingerprint density at radius 2 is 1.83 bits per heavy atom. The van der Waals surface area contributed by atoms with Crippen LogP contribution in [-0.4, -0.2) is 42.2 Å². The van der Waals surface area contributed by atoms with Crippen molar-refractivity contribution in [3.05, 3.63) is 78.2 Å². The molecule has 1 amide bonds. The smallest absolute Gasteiger partial charge is 0.253 e. The van der Waals surface area contributed by atoms with Crippen molar-refractivity contribution in [2.45, 2.75) is 6.54 Å². The summed E-state index contributed by atoms with van der Waals surface area (Å²) in [6.45, 7) is 3.64. The highest BCUT2D eigenvalue weighted by molar-refractivity contribution is 5.94. The number of benzene rings is 1. The second-order valence-electron chi connectivity index (χ2n) is 6.71. The number of pyridine rings is 2. The first-order valence-electron chi connectivity index (χ1n) is 9.61. The number of carbonyl (C=O) groups excluding carboxylic acids is 1. The van der Waals surface area contributed by atoms with E-state index in [0.717, 1.165) is 43.2 Å². The molecule has 0 spiro atoms. The van der Waals surface area contributed by atoms with Crippen molar-refractivity contribution in [3.8, 4) is 0 Å². The molecule has 1 saturated heterocycles. The summed E-state index contributed by atoms with van der Waals surface area (Å²) in [5.41, 5.74) is 3.62. The van der Waals surface area contributed by atoms with E-state index in [1.807, 2.05) is 36.4 Å². The van der Waals surface area contributed by atoms with Gasteiger partial charge in [-0.25, -0.2) is 4.98 Å². The van der Waals surface area contributed by atoms with Crippen molar-refractivity contribution in [2.75, 3.05) is 36.5 Å². The first-order chi connectivity index (χ1) is 14.3. The van der Waals surface area contributed by atoms with E-state index >= 15 is 0 Å². The van der Waals surface area contributed by atoms with Crippen LogP contribution in [0.25, 0.3) is 0 Å². The average molecular weight is 389 g/mol. The van der Waals surface area contributed by atoms with E-state index in [4.69, 9.17) is 4.74 Å². The Morgan fingerprint density at radius 3 is 2.59 bits per heavy atom. The van der Waals surface area contributed by atoms with Gasteiger partial charge in [0.05, 0.1) is 30.2 Å². The quantitative estimate of drug-likeness (QED) is 0.675. The van der Waals surface area contributed by atoms with Crippen LogP contribution in [0.15, 0.2) is 67.1 Å². The molecular weight excluding hydrogens is 366 g/mol. The largest absolute Gasteiger partial charge is 0.378 e. The van der Waals surface area contributed by atoms with Gasteiger partial charge in [-0.3, -0.25) is 9.78 Å². The van der Waals surface area contributed by atoms with Gasteiger partial charge in [-0.05, 0) is 42.0 Å². The normalized spacial score (nSPS) is 13.7. The fourth-order valence-electron chi connectivity index (χ4n) is 3.18. The van der Waals surface area contributed by atoms with Gasteiger partial charge in [0.15, 0.2) is 0 Å². The number of anilines is 3. The molecule has 29 heavy (non-hydrogen) atoms. The molecule has 2 aromatic heterocycles. The molecule has 3 heterocycles. The minimum absolute atomic E-state index is 0.158. The lowest BCUT2D eigenvalue weighted by Gasteiger charge is -2.30. The molecule has 7 nitrogen and oxygen atoms in total. The summed E-state index contributed by atoms with van der Waals surface area (Å²) in [4.78, 5) is 23.0. The molecule has 7 heteroatoms. The zero-order valence-electron chi connectivity index (χ0n) is 16.0. The lowest BCUT2D eigenvalue weighted by atomic mass is 10.2. The number of aromatic nitrogens is 2. The van der Waals surface area contributed by atoms with Crippen LogP contribution in [0.2, 0.25) is 0 Å². The Kier molecular flexibility index (Phi) is 5.97. The standard InChI is InChI=1S/C22H23N5O2/c28-22(25-15-17-7-9-23-10-8-17)18-5-6-21(24-16-18)26-19-3-1-2-4-20(19)27-11-13-29-14-12-27/h1-10,16H,11-15H2,(H,24,26)(H,25,28). The molecule has 1 aliphatic heterocycles. The molecule has 0 radical (unpaired) electrons. The monoisotopic (exact) mass is 389 g/mol. The minimum Gasteiger partial charge on any atom is -0.378 e. The lowest BCUT2D eigenvalue weighted by Crippen LogP contribution is -2.36. The van der Waals surface area contributed by atoms with Crippen LogP contribution in [0, 0.1) is 0 Å². The number of morpholine rings is 1. The SMILES string of the molecule is O=C(NCc1ccncc1)c1ccc(Nc2ccccc2N2CCOCC2)nc1. The second-order valence-corrected chi connectivity index (χ2v) is 6.71. The van der Waals surface area contributed by atoms with E-state index in [1.165, 1.54) is 0 Å². The molecule has 0 atom stereocenters. The van der Waals surface area contributed by atoms with Crippen LogP contribution in [0.4, 0.5) is 17.2 Å². The number of ether oxygens (including phenoxy) is 1. The van der Waals surface area contributed by atoms with Crippen molar-refractivity contribution in [3.63, 3.8) is 0 Å². The van der Waals surface area contributed by atoms with E-state index in [2.05, 4.69) is 31.6 Å². The van der Waals surface area contributed by atoms with Crippen molar-refractivity contribution >= 4 is 23.1 Å². The van der Waals surface area contributed by atoms with Crippen LogP contribution in [0.1, 0.15) is 15.9 Å². The van der Waals surface area contributed by atoms with Crippen molar-refractivity contribution in [1.82, 2.24) is 15.3 Å². The number of nitrogens with one attached hydrogen (secondary N) is 2. The first-order valence-corrected chi connectivity index (χ1v) is 9.61. The summed E-state index contributed by atoms with van der Waals surface area (Å²) >= 11 is 0. The molecule has 3 aromatic rings. The van der Waals surface area contributed by atoms with Gasteiger partial charge in [-0.2, -0.15) is 0 Å². The summed E-state index contributed by atoms with van der Waals surface area (Å²) in [5.74, 6) is 0.533. The Bertz CT molecular complexity index is 941. The van der Waals surface area contributed by atoms with Crippen LogP contribution in [0.3, 0.4) is 0 Å². The van der Waals surface area contributed by atoms with E-state index in [1.54, 1.807) is 24.7 Å². The fourth-order valence-corrected chi connectivity index (χ4v) is 3.18. The molecule has 0 saturated carbocycles. The zero-order valence-corrected chi connectivity index (χ0v) is 16.0. The topological polar surface area (TPSA) is 79.4 Å². The van der Waals surface area contributed by atoms with Crippen LogP contribution >= 0.6 is 0 Å². The maximum absolute atomic E-state index is 12.3. The van der Waals surface area contributed by atoms with E-state index < -0.39 is 0 Å². The molecule has 0 unspecified atom stereocenters. The highest BCUT2D eigenvalue weighted by atomic mass is 16.5. The highest BCUT2D eigenvalue weighted by Crippen LogP contribution is 2.28. The minimum atomic E-state index is -0.158. The van der Waals surface area contributed by atoms with Gasteiger partial charge in [0.1, 0.15) is 5.82 Å². The zero-order chi connectivity index (χ0) is 19.9. The molecule has 1 aromatic carbocycles. The average Bonchev–Trinajstić information content (AvgIpc) is 2.80. The Morgan fingerprint density at radius 1 is 1.03 bits per heavy atom. The van der Waals surface area contributed by atoms with Crippen LogP contribution in [0.5, 0.6) is 0 Å². The number of hydrogen-bond donors (Lipinski definition) is 2. The molecule has 0 aliphatic carbocycles. The number of rotatable bonds is 6. The summed E-state index contributed by atoms with van der Waals surface area (Å²) in [7, 11) is 0. The molecular formula is C22H23N5O2. The van der Waals surface area contributed by atoms with Crippen LogP contribution < -0.4 is 15.5 Å². The molecule has 1 fully saturated rings. The van der Waals surface area contributed by atoms with Crippen molar-refractivity contribution < 1.29 is 9.53 Å². The summed E-state index contributed by atoms with van der Waals surface area (Å²) in [5, 5.41) is 6.25. The fraction of sp³-hybridized carbons (Fsp3) is 0.227. The molecule has 4 rings (SSSR count). The maximum Gasteiger partial charge on any atom is 0.253 e. The van der Waals surface area contributed by atoms with Crippen molar-refractivity contribution in [1.29, 1.82) is 0 Å². The number of carbonyl (C=O) groups is 1. The number of para-hydroxylation sites is 2. The van der Waals surface area contributed by atoms with Gasteiger partial charge in [-0.1, -0.05) is 12.1 Å². The maximum atomic E-state index is 12.3. The van der Waals surface area contributed by atoms with Gasteiger partial charge >= 0.3 is 0 Å². The van der Waals surface area contributed by atoms with Crippen molar-refractivity contribution in [2.24, 2.45) is 0 Å². The van der Waals surface area contributed by atoms with Gasteiger partial charge < -0.3 is 20.3 Å². The summed E-state index contributed by atoms with van der Waals surface area (Å²) in [6.07, 6.45) is 5.00. The third kappa shape index (κ3) is 4.89. The van der Waals surface area contributed by atoms with E-state index in [-0.39, 0.29) is 5.91 Å². The Labute approximate surface area is 169 Å². The number of nitrogens with zero attached hydrogens (tertiary/aromatic N) is 3. The van der Waals surface area contributed by atoms with Gasteiger partial charge in [0, 0.05) is 38.2 Å². The highest BCUT2D eigenvalue weighted by Gasteiger charge is 2.15. The predicted octanol–water partition coefficient (Wildman–Crippen LogP) is 2.99. The molecule has 0 bridgehead atoms.